The Morgan fingerprint density at radius 2 is 1.82 bits per heavy atom. The van der Waals surface area contributed by atoms with Crippen LogP contribution in [0.4, 0.5) is 0 Å². The van der Waals surface area contributed by atoms with Gasteiger partial charge in [0.2, 0.25) is 0 Å². The molecule has 0 fully saturated rings. The van der Waals surface area contributed by atoms with E-state index in [0.717, 1.165) is 18.3 Å². The fourth-order valence-corrected chi connectivity index (χ4v) is 1.80. The van der Waals surface area contributed by atoms with Crippen molar-refractivity contribution in [1.82, 2.24) is 5.32 Å². The predicted octanol–water partition coefficient (Wildman–Crippen LogP) is 3.48. The molecular formula is C15H25NO. The van der Waals surface area contributed by atoms with Crippen molar-refractivity contribution in [1.29, 1.82) is 0 Å². The lowest BCUT2D eigenvalue weighted by Gasteiger charge is -2.17. The highest BCUT2D eigenvalue weighted by Gasteiger charge is 2.07. The SMILES string of the molecule is CNC(CCCC(C)C)COc1ccccc1. The van der Waals surface area contributed by atoms with Crippen molar-refractivity contribution in [2.75, 3.05) is 13.7 Å². The third-order valence-electron chi connectivity index (χ3n) is 2.94. The van der Waals surface area contributed by atoms with Crippen molar-refractivity contribution in [2.45, 2.75) is 39.2 Å². The van der Waals surface area contributed by atoms with E-state index in [-0.39, 0.29) is 0 Å². The normalized spacial score (nSPS) is 12.7. The average molecular weight is 235 g/mol. The van der Waals surface area contributed by atoms with Crippen molar-refractivity contribution >= 4 is 0 Å². The Labute approximate surface area is 105 Å². The van der Waals surface area contributed by atoms with Crippen LogP contribution in [0.2, 0.25) is 0 Å². The van der Waals surface area contributed by atoms with Crippen molar-refractivity contribution in [2.24, 2.45) is 5.92 Å². The monoisotopic (exact) mass is 235 g/mol. The number of hydrogen-bond acceptors (Lipinski definition) is 2. The van der Waals surface area contributed by atoms with Crippen molar-refractivity contribution in [3.8, 4) is 5.75 Å². The third kappa shape index (κ3) is 6.32. The first kappa shape index (κ1) is 14.0. The summed E-state index contributed by atoms with van der Waals surface area (Å²) in [5.41, 5.74) is 0. The molecule has 1 atom stereocenters. The number of hydrogen-bond donors (Lipinski definition) is 1. The summed E-state index contributed by atoms with van der Waals surface area (Å²) in [6, 6.07) is 10.5. The van der Waals surface area contributed by atoms with Crippen LogP contribution < -0.4 is 10.1 Å². The van der Waals surface area contributed by atoms with Crippen LogP contribution in [0.25, 0.3) is 0 Å². The molecule has 0 amide bonds. The quantitative estimate of drug-likeness (QED) is 0.745. The maximum absolute atomic E-state index is 5.75. The molecule has 0 saturated carbocycles. The molecule has 1 rings (SSSR count). The molecule has 1 aromatic rings. The van der Waals surface area contributed by atoms with Gasteiger partial charge < -0.3 is 10.1 Å². The van der Waals surface area contributed by atoms with Crippen LogP contribution in [-0.2, 0) is 0 Å². The molecule has 0 spiro atoms. The molecule has 1 N–H and O–H groups in total. The van der Waals surface area contributed by atoms with Gasteiger partial charge in [0.1, 0.15) is 12.4 Å². The highest BCUT2D eigenvalue weighted by Crippen LogP contribution is 2.11. The lowest BCUT2D eigenvalue weighted by Crippen LogP contribution is -2.31. The Hall–Kier alpha value is -1.02. The Morgan fingerprint density at radius 1 is 1.12 bits per heavy atom. The first-order valence-corrected chi connectivity index (χ1v) is 6.57. The van der Waals surface area contributed by atoms with Gasteiger partial charge in [0.25, 0.3) is 0 Å². The second kappa shape index (κ2) is 8.13. The summed E-state index contributed by atoms with van der Waals surface area (Å²) in [7, 11) is 2.01. The highest BCUT2D eigenvalue weighted by atomic mass is 16.5. The maximum atomic E-state index is 5.75. The predicted molar refractivity (Wildman–Crippen MR) is 73.5 cm³/mol. The zero-order chi connectivity index (χ0) is 12.5. The molecule has 0 aliphatic rings. The topological polar surface area (TPSA) is 21.3 Å². The number of likely N-dealkylation sites (N-methyl/N-ethyl adjacent to an activating group) is 1. The summed E-state index contributed by atoms with van der Waals surface area (Å²) in [6.45, 7) is 5.29. The van der Waals surface area contributed by atoms with Gasteiger partial charge in [-0.1, -0.05) is 44.9 Å². The van der Waals surface area contributed by atoms with E-state index < -0.39 is 0 Å². The second-order valence-electron chi connectivity index (χ2n) is 4.93. The molecule has 1 aromatic carbocycles. The number of benzene rings is 1. The summed E-state index contributed by atoms with van der Waals surface area (Å²) in [5, 5.41) is 3.32. The van der Waals surface area contributed by atoms with E-state index in [1.165, 1.54) is 19.3 Å². The second-order valence-corrected chi connectivity index (χ2v) is 4.93. The highest BCUT2D eigenvalue weighted by molar-refractivity contribution is 5.20. The zero-order valence-corrected chi connectivity index (χ0v) is 11.3. The molecule has 0 aliphatic carbocycles. The van der Waals surface area contributed by atoms with Gasteiger partial charge in [0, 0.05) is 6.04 Å². The molecule has 0 heterocycles. The summed E-state index contributed by atoms with van der Waals surface area (Å²) in [6.07, 6.45) is 3.74. The molecule has 1 unspecified atom stereocenters. The number of nitrogens with one attached hydrogen (secondary N) is 1. The Bertz CT molecular complexity index is 284. The lowest BCUT2D eigenvalue weighted by atomic mass is 10.0. The molecule has 0 saturated heterocycles. The van der Waals surface area contributed by atoms with Crippen LogP contribution in [0.1, 0.15) is 33.1 Å². The largest absolute Gasteiger partial charge is 0.492 e. The molecule has 0 radical (unpaired) electrons. The minimum absolute atomic E-state index is 0.453. The number of rotatable bonds is 8. The van der Waals surface area contributed by atoms with Crippen molar-refractivity contribution in [3.63, 3.8) is 0 Å². The number of ether oxygens (including phenoxy) is 1. The standard InChI is InChI=1S/C15H25NO/c1-13(2)8-7-9-14(16-3)12-17-15-10-5-4-6-11-15/h4-6,10-11,13-14,16H,7-9,12H2,1-3H3. The van der Waals surface area contributed by atoms with Crippen LogP contribution in [0, 0.1) is 5.92 Å². The minimum Gasteiger partial charge on any atom is -0.492 e. The van der Waals surface area contributed by atoms with Crippen LogP contribution in [-0.4, -0.2) is 19.7 Å². The summed E-state index contributed by atoms with van der Waals surface area (Å²) >= 11 is 0. The smallest absolute Gasteiger partial charge is 0.119 e. The van der Waals surface area contributed by atoms with Gasteiger partial charge in [-0.3, -0.25) is 0 Å². The average Bonchev–Trinajstić information content (AvgIpc) is 2.34. The van der Waals surface area contributed by atoms with Crippen molar-refractivity contribution in [3.05, 3.63) is 30.3 Å². The molecule has 17 heavy (non-hydrogen) atoms. The van der Waals surface area contributed by atoms with Crippen LogP contribution >= 0.6 is 0 Å². The molecular weight excluding hydrogens is 210 g/mol. The van der Waals surface area contributed by atoms with Gasteiger partial charge in [-0.2, -0.15) is 0 Å². The minimum atomic E-state index is 0.453. The third-order valence-corrected chi connectivity index (χ3v) is 2.94. The van der Waals surface area contributed by atoms with Crippen molar-refractivity contribution < 1.29 is 4.74 Å². The van der Waals surface area contributed by atoms with E-state index >= 15 is 0 Å². The van der Waals surface area contributed by atoms with E-state index in [4.69, 9.17) is 4.74 Å². The fraction of sp³-hybridized carbons (Fsp3) is 0.600. The lowest BCUT2D eigenvalue weighted by molar-refractivity contribution is 0.259. The summed E-state index contributed by atoms with van der Waals surface area (Å²) < 4.78 is 5.75. The molecule has 2 nitrogen and oxygen atoms in total. The van der Waals surface area contributed by atoms with Gasteiger partial charge in [-0.15, -0.1) is 0 Å². The first-order chi connectivity index (χ1) is 8.22. The molecule has 0 aromatic heterocycles. The molecule has 0 bridgehead atoms. The Kier molecular flexibility index (Phi) is 6.71. The zero-order valence-electron chi connectivity index (χ0n) is 11.3. The van der Waals surface area contributed by atoms with E-state index in [0.29, 0.717) is 6.04 Å². The van der Waals surface area contributed by atoms with Crippen LogP contribution in [0.15, 0.2) is 30.3 Å². The maximum Gasteiger partial charge on any atom is 0.119 e. The van der Waals surface area contributed by atoms with Gasteiger partial charge >= 0.3 is 0 Å². The van der Waals surface area contributed by atoms with E-state index in [1.54, 1.807) is 0 Å². The van der Waals surface area contributed by atoms with Gasteiger partial charge in [-0.05, 0) is 31.5 Å². The Morgan fingerprint density at radius 3 is 2.41 bits per heavy atom. The van der Waals surface area contributed by atoms with Gasteiger partial charge in [0.05, 0.1) is 0 Å². The van der Waals surface area contributed by atoms with E-state index in [2.05, 4.69) is 19.2 Å². The van der Waals surface area contributed by atoms with Crippen LogP contribution in [0.3, 0.4) is 0 Å². The van der Waals surface area contributed by atoms with E-state index in [1.807, 2.05) is 37.4 Å². The summed E-state index contributed by atoms with van der Waals surface area (Å²) in [4.78, 5) is 0. The summed E-state index contributed by atoms with van der Waals surface area (Å²) in [5.74, 6) is 1.75. The van der Waals surface area contributed by atoms with Crippen LogP contribution in [0.5, 0.6) is 5.75 Å². The first-order valence-electron chi connectivity index (χ1n) is 6.57. The molecule has 0 aliphatic heterocycles. The fourth-order valence-electron chi connectivity index (χ4n) is 1.80. The number of para-hydroxylation sites is 1. The van der Waals surface area contributed by atoms with Gasteiger partial charge in [-0.25, -0.2) is 0 Å². The molecule has 96 valence electrons. The van der Waals surface area contributed by atoms with Gasteiger partial charge in [0.15, 0.2) is 0 Å². The Balaban J connectivity index is 2.23. The van der Waals surface area contributed by atoms with E-state index in [9.17, 15) is 0 Å². The molecule has 2 heteroatoms.